The van der Waals surface area contributed by atoms with Crippen LogP contribution < -0.4 is 0 Å². The highest BCUT2D eigenvalue weighted by Gasteiger charge is 2.28. The SMILES string of the molecule is Cc1nn(-c2cccc(Cl)c2)nc1C(=O)N1CCC(C(C)O)CC1. The van der Waals surface area contributed by atoms with Gasteiger partial charge in [-0.05, 0) is 50.8 Å². The van der Waals surface area contributed by atoms with Gasteiger partial charge in [0, 0.05) is 18.1 Å². The molecule has 0 spiro atoms. The maximum atomic E-state index is 12.7. The zero-order valence-electron chi connectivity index (χ0n) is 13.8. The summed E-state index contributed by atoms with van der Waals surface area (Å²) in [6.45, 7) is 4.86. The molecule has 1 N–H and O–H groups in total. The quantitative estimate of drug-likeness (QED) is 0.924. The molecule has 1 saturated heterocycles. The van der Waals surface area contributed by atoms with Gasteiger partial charge in [-0.2, -0.15) is 9.90 Å². The summed E-state index contributed by atoms with van der Waals surface area (Å²) in [6.07, 6.45) is 1.29. The molecule has 1 unspecified atom stereocenters. The number of amides is 1. The second-order valence-corrected chi connectivity index (χ2v) is 6.71. The zero-order valence-corrected chi connectivity index (χ0v) is 14.6. The molecule has 0 aliphatic carbocycles. The second-order valence-electron chi connectivity index (χ2n) is 6.27. The van der Waals surface area contributed by atoms with E-state index in [1.54, 1.807) is 24.0 Å². The van der Waals surface area contributed by atoms with E-state index in [1.165, 1.54) is 4.80 Å². The van der Waals surface area contributed by atoms with Gasteiger partial charge in [0.25, 0.3) is 5.91 Å². The van der Waals surface area contributed by atoms with E-state index in [9.17, 15) is 9.90 Å². The molecular formula is C17H21ClN4O2. The molecular weight excluding hydrogens is 328 g/mol. The normalized spacial score (nSPS) is 17.1. The number of hydrogen-bond acceptors (Lipinski definition) is 4. The number of halogens is 1. The predicted molar refractivity (Wildman–Crippen MR) is 91.4 cm³/mol. The van der Waals surface area contributed by atoms with Crippen LogP contribution in [-0.2, 0) is 0 Å². The number of rotatable bonds is 3. The molecule has 1 aliphatic heterocycles. The third kappa shape index (κ3) is 3.44. The number of nitrogens with zero attached hydrogens (tertiary/aromatic N) is 4. The first-order chi connectivity index (χ1) is 11.5. The summed E-state index contributed by atoms with van der Waals surface area (Å²) >= 11 is 6.00. The molecule has 6 nitrogen and oxygen atoms in total. The third-order valence-corrected chi connectivity index (χ3v) is 4.77. The number of aryl methyl sites for hydroxylation is 1. The summed E-state index contributed by atoms with van der Waals surface area (Å²) in [5.74, 6) is 0.155. The average Bonchev–Trinajstić information content (AvgIpc) is 2.96. The number of aliphatic hydroxyl groups excluding tert-OH is 1. The van der Waals surface area contributed by atoms with E-state index in [0.29, 0.717) is 29.5 Å². The Balaban J connectivity index is 1.77. The summed E-state index contributed by atoms with van der Waals surface area (Å²) < 4.78 is 0. The van der Waals surface area contributed by atoms with Crippen molar-refractivity contribution in [2.75, 3.05) is 13.1 Å². The molecule has 1 aliphatic rings. The third-order valence-electron chi connectivity index (χ3n) is 4.53. The highest BCUT2D eigenvalue weighted by atomic mass is 35.5. The molecule has 2 aromatic rings. The smallest absolute Gasteiger partial charge is 0.276 e. The molecule has 1 aromatic carbocycles. The van der Waals surface area contributed by atoms with Crippen LogP contribution in [0.3, 0.4) is 0 Å². The van der Waals surface area contributed by atoms with Crippen molar-refractivity contribution < 1.29 is 9.90 Å². The average molecular weight is 349 g/mol. The van der Waals surface area contributed by atoms with E-state index < -0.39 is 0 Å². The highest BCUT2D eigenvalue weighted by Crippen LogP contribution is 2.22. The number of aromatic nitrogens is 3. The summed E-state index contributed by atoms with van der Waals surface area (Å²) in [7, 11) is 0. The minimum absolute atomic E-state index is 0.107. The van der Waals surface area contributed by atoms with Crippen molar-refractivity contribution >= 4 is 17.5 Å². The molecule has 0 radical (unpaired) electrons. The zero-order chi connectivity index (χ0) is 17.3. The van der Waals surface area contributed by atoms with Gasteiger partial charge in [-0.1, -0.05) is 17.7 Å². The van der Waals surface area contributed by atoms with Gasteiger partial charge >= 0.3 is 0 Å². The van der Waals surface area contributed by atoms with Crippen LogP contribution in [0.25, 0.3) is 5.69 Å². The van der Waals surface area contributed by atoms with Gasteiger partial charge in [-0.3, -0.25) is 4.79 Å². The maximum absolute atomic E-state index is 12.7. The lowest BCUT2D eigenvalue weighted by molar-refractivity contribution is 0.0516. The maximum Gasteiger partial charge on any atom is 0.276 e. The van der Waals surface area contributed by atoms with Crippen molar-refractivity contribution in [3.63, 3.8) is 0 Å². The molecule has 1 amide bonds. The highest BCUT2D eigenvalue weighted by molar-refractivity contribution is 6.30. The van der Waals surface area contributed by atoms with Gasteiger partial charge in [0.05, 0.1) is 17.5 Å². The Hall–Kier alpha value is -1.92. The molecule has 128 valence electrons. The predicted octanol–water partition coefficient (Wildman–Crippen LogP) is 2.46. The van der Waals surface area contributed by atoms with Crippen molar-refractivity contribution in [1.29, 1.82) is 0 Å². The van der Waals surface area contributed by atoms with Crippen LogP contribution in [0.2, 0.25) is 5.02 Å². The lowest BCUT2D eigenvalue weighted by Gasteiger charge is -2.32. The van der Waals surface area contributed by atoms with E-state index in [2.05, 4.69) is 10.2 Å². The first-order valence-electron chi connectivity index (χ1n) is 8.13. The van der Waals surface area contributed by atoms with Gasteiger partial charge < -0.3 is 10.0 Å². The lowest BCUT2D eigenvalue weighted by Crippen LogP contribution is -2.41. The second kappa shape index (κ2) is 6.91. The van der Waals surface area contributed by atoms with Crippen LogP contribution in [-0.4, -0.2) is 50.1 Å². The Labute approximate surface area is 146 Å². The Morgan fingerprint density at radius 3 is 2.67 bits per heavy atom. The topological polar surface area (TPSA) is 71.2 Å². The van der Waals surface area contributed by atoms with Crippen molar-refractivity contribution in [2.24, 2.45) is 5.92 Å². The molecule has 24 heavy (non-hydrogen) atoms. The van der Waals surface area contributed by atoms with Gasteiger partial charge in [-0.25, -0.2) is 0 Å². The Morgan fingerprint density at radius 1 is 1.33 bits per heavy atom. The van der Waals surface area contributed by atoms with Gasteiger partial charge in [0.2, 0.25) is 0 Å². The summed E-state index contributed by atoms with van der Waals surface area (Å²) in [5.41, 5.74) is 1.68. The Kier molecular flexibility index (Phi) is 4.87. The van der Waals surface area contributed by atoms with E-state index >= 15 is 0 Å². The van der Waals surface area contributed by atoms with E-state index in [1.807, 2.05) is 19.1 Å². The van der Waals surface area contributed by atoms with E-state index in [-0.39, 0.29) is 17.9 Å². The molecule has 1 aromatic heterocycles. The molecule has 1 fully saturated rings. The van der Waals surface area contributed by atoms with Crippen LogP contribution in [0.5, 0.6) is 0 Å². The number of likely N-dealkylation sites (tertiary alicyclic amines) is 1. The van der Waals surface area contributed by atoms with E-state index in [4.69, 9.17) is 11.6 Å². The number of hydrogen-bond donors (Lipinski definition) is 1. The molecule has 0 saturated carbocycles. The van der Waals surface area contributed by atoms with Crippen LogP contribution in [0.1, 0.15) is 35.9 Å². The molecule has 0 bridgehead atoms. The standard InChI is InChI=1S/C17H21ClN4O2/c1-11-16(17(24)21-8-6-13(7-9-21)12(2)23)20-22(19-11)15-5-3-4-14(18)10-15/h3-5,10,12-13,23H,6-9H2,1-2H3. The first kappa shape index (κ1) is 16.9. The van der Waals surface area contributed by atoms with Gasteiger partial charge in [0.1, 0.15) is 0 Å². The van der Waals surface area contributed by atoms with Crippen LogP contribution in [0, 0.1) is 12.8 Å². The number of aliphatic hydroxyl groups is 1. The molecule has 1 atom stereocenters. The van der Waals surface area contributed by atoms with Gasteiger partial charge in [-0.15, -0.1) is 5.10 Å². The number of carbonyl (C=O) groups excluding carboxylic acids is 1. The van der Waals surface area contributed by atoms with Crippen LogP contribution in [0.15, 0.2) is 24.3 Å². The summed E-state index contributed by atoms with van der Waals surface area (Å²) in [6, 6.07) is 7.19. The minimum atomic E-state index is -0.326. The Morgan fingerprint density at radius 2 is 2.04 bits per heavy atom. The summed E-state index contributed by atoms with van der Waals surface area (Å²) in [4.78, 5) is 16.0. The van der Waals surface area contributed by atoms with Crippen molar-refractivity contribution in [2.45, 2.75) is 32.8 Å². The molecule has 3 rings (SSSR count). The first-order valence-corrected chi connectivity index (χ1v) is 8.50. The fraction of sp³-hybridized carbons (Fsp3) is 0.471. The molecule has 7 heteroatoms. The van der Waals surface area contributed by atoms with E-state index in [0.717, 1.165) is 18.5 Å². The minimum Gasteiger partial charge on any atom is -0.393 e. The monoisotopic (exact) mass is 348 g/mol. The number of carbonyl (C=O) groups is 1. The fourth-order valence-corrected chi connectivity index (χ4v) is 3.21. The van der Waals surface area contributed by atoms with Crippen LogP contribution in [0.4, 0.5) is 0 Å². The van der Waals surface area contributed by atoms with Gasteiger partial charge in [0.15, 0.2) is 5.69 Å². The van der Waals surface area contributed by atoms with Crippen molar-refractivity contribution in [3.8, 4) is 5.69 Å². The summed E-state index contributed by atoms with van der Waals surface area (Å²) in [5, 5.41) is 19.0. The largest absolute Gasteiger partial charge is 0.393 e. The number of piperidine rings is 1. The lowest BCUT2D eigenvalue weighted by atomic mass is 9.92. The molecule has 2 heterocycles. The van der Waals surface area contributed by atoms with Crippen molar-refractivity contribution in [3.05, 3.63) is 40.7 Å². The van der Waals surface area contributed by atoms with Crippen LogP contribution >= 0.6 is 11.6 Å². The number of benzene rings is 1. The van der Waals surface area contributed by atoms with Crippen molar-refractivity contribution in [1.82, 2.24) is 19.9 Å². The Bertz CT molecular complexity index is 736. The fourth-order valence-electron chi connectivity index (χ4n) is 3.03.